The van der Waals surface area contributed by atoms with Crippen molar-refractivity contribution in [2.24, 2.45) is 5.92 Å². The second-order valence-corrected chi connectivity index (χ2v) is 5.01. The zero-order chi connectivity index (χ0) is 12.7. The van der Waals surface area contributed by atoms with Crippen LogP contribution in [0.25, 0.3) is 11.0 Å². The number of benzene rings is 1. The van der Waals surface area contributed by atoms with E-state index in [1.165, 1.54) is 0 Å². The molecule has 18 heavy (non-hydrogen) atoms. The summed E-state index contributed by atoms with van der Waals surface area (Å²) in [4.78, 5) is 12.3. The van der Waals surface area contributed by atoms with Gasteiger partial charge in [0.05, 0.1) is 17.0 Å². The molecule has 94 valence electrons. The monoisotopic (exact) mass is 264 g/mol. The molecule has 0 spiro atoms. The van der Waals surface area contributed by atoms with Crippen molar-refractivity contribution in [3.8, 4) is 0 Å². The lowest BCUT2D eigenvalue weighted by atomic mass is 9.96. The van der Waals surface area contributed by atoms with Gasteiger partial charge in [-0.05, 0) is 25.5 Å². The minimum Gasteiger partial charge on any atom is -0.451 e. The first-order valence-electron chi connectivity index (χ1n) is 6.00. The van der Waals surface area contributed by atoms with Gasteiger partial charge in [0.25, 0.3) is 0 Å². The molecule has 2 aromatic rings. The van der Waals surface area contributed by atoms with Crippen LogP contribution >= 0.6 is 11.6 Å². The molecule has 0 aliphatic carbocycles. The summed E-state index contributed by atoms with van der Waals surface area (Å²) in [5, 5.41) is 1.39. The van der Waals surface area contributed by atoms with Crippen molar-refractivity contribution in [2.45, 2.75) is 19.4 Å². The molecule has 0 saturated carbocycles. The molecule has 1 aromatic carbocycles. The number of para-hydroxylation sites is 1. The van der Waals surface area contributed by atoms with Crippen LogP contribution in [0.15, 0.2) is 28.7 Å². The van der Waals surface area contributed by atoms with Crippen molar-refractivity contribution in [2.75, 3.05) is 6.61 Å². The van der Waals surface area contributed by atoms with Crippen molar-refractivity contribution in [1.29, 1.82) is 0 Å². The van der Waals surface area contributed by atoms with Gasteiger partial charge in [-0.15, -0.1) is 0 Å². The van der Waals surface area contributed by atoms with E-state index in [2.05, 4.69) is 0 Å². The molecular weight excluding hydrogens is 252 g/mol. The van der Waals surface area contributed by atoms with E-state index in [9.17, 15) is 4.79 Å². The van der Waals surface area contributed by atoms with Gasteiger partial charge >= 0.3 is 0 Å². The molecule has 0 bridgehead atoms. The summed E-state index contributed by atoms with van der Waals surface area (Å²) in [5.41, 5.74) is 0.578. The number of carbonyl (C=O) groups excluding carboxylic acids is 1. The van der Waals surface area contributed by atoms with Crippen molar-refractivity contribution in [3.63, 3.8) is 0 Å². The first kappa shape index (κ1) is 11.8. The van der Waals surface area contributed by atoms with Gasteiger partial charge in [0.15, 0.2) is 11.3 Å². The normalized spacial score (nSPS) is 23.7. The van der Waals surface area contributed by atoms with E-state index in [1.54, 1.807) is 12.1 Å². The second kappa shape index (κ2) is 4.41. The number of hydrogen-bond acceptors (Lipinski definition) is 3. The predicted octanol–water partition coefficient (Wildman–Crippen LogP) is 3.69. The summed E-state index contributed by atoms with van der Waals surface area (Å²) in [6.45, 7) is 2.56. The third-order valence-corrected chi connectivity index (χ3v) is 3.75. The minimum absolute atomic E-state index is 0.00673. The highest BCUT2D eigenvalue weighted by atomic mass is 35.5. The Morgan fingerprint density at radius 2 is 2.28 bits per heavy atom. The highest BCUT2D eigenvalue weighted by Crippen LogP contribution is 2.30. The van der Waals surface area contributed by atoms with E-state index in [0.29, 0.717) is 23.0 Å². The zero-order valence-electron chi connectivity index (χ0n) is 9.98. The Morgan fingerprint density at radius 3 is 2.94 bits per heavy atom. The highest BCUT2D eigenvalue weighted by Gasteiger charge is 2.33. The number of Topliss-reactive ketones (excluding diaryl/α,β-unsaturated/α-hetero) is 1. The number of furan rings is 1. The van der Waals surface area contributed by atoms with Gasteiger partial charge < -0.3 is 9.15 Å². The van der Waals surface area contributed by atoms with E-state index in [-0.39, 0.29) is 17.8 Å². The maximum absolute atomic E-state index is 12.3. The van der Waals surface area contributed by atoms with Gasteiger partial charge in [0, 0.05) is 12.0 Å². The standard InChI is InChI=1S/C14H13ClO3/c1-8-10(5-6-17-8)13(16)12-7-9-3-2-4-11(15)14(9)18-12/h2-4,7-8,10H,5-6H2,1H3. The Balaban J connectivity index is 1.99. The van der Waals surface area contributed by atoms with Gasteiger partial charge in [-0.25, -0.2) is 0 Å². The Hall–Kier alpha value is -1.32. The van der Waals surface area contributed by atoms with Crippen LogP contribution < -0.4 is 0 Å². The molecule has 4 heteroatoms. The van der Waals surface area contributed by atoms with Crippen LogP contribution in [0.3, 0.4) is 0 Å². The molecule has 3 nitrogen and oxygen atoms in total. The van der Waals surface area contributed by atoms with Gasteiger partial charge in [0.1, 0.15) is 0 Å². The van der Waals surface area contributed by atoms with Gasteiger partial charge in [0.2, 0.25) is 5.78 Å². The molecule has 0 amide bonds. The van der Waals surface area contributed by atoms with Crippen LogP contribution in [0.1, 0.15) is 23.9 Å². The van der Waals surface area contributed by atoms with E-state index < -0.39 is 0 Å². The predicted molar refractivity (Wildman–Crippen MR) is 69.1 cm³/mol. The summed E-state index contributed by atoms with van der Waals surface area (Å²) in [6.07, 6.45) is 0.714. The maximum Gasteiger partial charge on any atom is 0.203 e. The SMILES string of the molecule is CC1OCCC1C(=O)c1cc2cccc(Cl)c2o1. The highest BCUT2D eigenvalue weighted by molar-refractivity contribution is 6.34. The topological polar surface area (TPSA) is 39.4 Å². The third-order valence-electron chi connectivity index (χ3n) is 3.45. The average molecular weight is 265 g/mol. The summed E-state index contributed by atoms with van der Waals surface area (Å²) in [5.74, 6) is 0.275. The number of carbonyl (C=O) groups is 1. The van der Waals surface area contributed by atoms with Crippen molar-refractivity contribution >= 4 is 28.4 Å². The maximum atomic E-state index is 12.3. The van der Waals surface area contributed by atoms with E-state index in [4.69, 9.17) is 20.8 Å². The molecule has 0 radical (unpaired) electrons. The van der Waals surface area contributed by atoms with Crippen LogP contribution in [0.2, 0.25) is 5.02 Å². The second-order valence-electron chi connectivity index (χ2n) is 4.60. The molecule has 2 atom stereocenters. The third kappa shape index (κ3) is 1.84. The number of rotatable bonds is 2. The number of hydrogen-bond donors (Lipinski definition) is 0. The molecule has 0 N–H and O–H groups in total. The number of fused-ring (bicyclic) bond motifs is 1. The lowest BCUT2D eigenvalue weighted by Gasteiger charge is -2.10. The lowest BCUT2D eigenvalue weighted by molar-refractivity contribution is 0.0742. The molecular formula is C14H13ClO3. The molecule has 1 aliphatic rings. The average Bonchev–Trinajstić information content (AvgIpc) is 2.95. The quantitative estimate of drug-likeness (QED) is 0.777. The summed E-state index contributed by atoms with van der Waals surface area (Å²) < 4.78 is 11.0. The van der Waals surface area contributed by atoms with Gasteiger partial charge in [-0.1, -0.05) is 23.7 Å². The van der Waals surface area contributed by atoms with Gasteiger partial charge in [-0.3, -0.25) is 4.79 Å². The van der Waals surface area contributed by atoms with E-state index in [0.717, 1.165) is 11.8 Å². The van der Waals surface area contributed by atoms with Crippen molar-refractivity contribution < 1.29 is 13.9 Å². The van der Waals surface area contributed by atoms with Crippen LogP contribution in [0, 0.1) is 5.92 Å². The van der Waals surface area contributed by atoms with Crippen LogP contribution in [-0.2, 0) is 4.74 Å². The van der Waals surface area contributed by atoms with E-state index >= 15 is 0 Å². The fourth-order valence-electron chi connectivity index (χ4n) is 2.41. The largest absolute Gasteiger partial charge is 0.451 e. The molecule has 2 unspecified atom stereocenters. The Kier molecular flexibility index (Phi) is 2.88. The molecule has 1 fully saturated rings. The molecule has 1 aliphatic heterocycles. The van der Waals surface area contributed by atoms with Crippen LogP contribution in [0.5, 0.6) is 0 Å². The minimum atomic E-state index is -0.107. The molecule has 1 aromatic heterocycles. The van der Waals surface area contributed by atoms with Gasteiger partial charge in [-0.2, -0.15) is 0 Å². The van der Waals surface area contributed by atoms with Crippen LogP contribution in [-0.4, -0.2) is 18.5 Å². The fraction of sp³-hybridized carbons (Fsp3) is 0.357. The smallest absolute Gasteiger partial charge is 0.203 e. The van der Waals surface area contributed by atoms with Crippen molar-refractivity contribution in [3.05, 3.63) is 35.0 Å². The number of ketones is 1. The lowest BCUT2D eigenvalue weighted by Crippen LogP contribution is -2.21. The number of ether oxygens (including phenoxy) is 1. The Bertz CT molecular complexity index is 602. The van der Waals surface area contributed by atoms with E-state index in [1.807, 2.05) is 19.1 Å². The molecule has 2 heterocycles. The fourth-order valence-corrected chi connectivity index (χ4v) is 2.63. The molecule has 3 rings (SSSR count). The Morgan fingerprint density at radius 1 is 1.44 bits per heavy atom. The first-order chi connectivity index (χ1) is 8.66. The van der Waals surface area contributed by atoms with Crippen LogP contribution in [0.4, 0.5) is 0 Å². The summed E-state index contributed by atoms with van der Waals surface area (Å²) in [7, 11) is 0. The number of halogens is 1. The summed E-state index contributed by atoms with van der Waals surface area (Å²) in [6, 6.07) is 7.24. The zero-order valence-corrected chi connectivity index (χ0v) is 10.7. The molecule has 1 saturated heterocycles. The Labute approximate surface area is 110 Å². The van der Waals surface area contributed by atoms with Crippen molar-refractivity contribution in [1.82, 2.24) is 0 Å². The summed E-state index contributed by atoms with van der Waals surface area (Å²) >= 11 is 6.03. The first-order valence-corrected chi connectivity index (χ1v) is 6.38.